The fraction of sp³-hybridized carbons (Fsp3) is 0.875. The normalized spacial score (nSPS) is 18.0. The number of piperidine rings is 1. The van der Waals surface area contributed by atoms with Gasteiger partial charge in [-0.3, -0.25) is 14.7 Å². The van der Waals surface area contributed by atoms with Gasteiger partial charge in [0.25, 0.3) is 0 Å². The van der Waals surface area contributed by atoms with Gasteiger partial charge < -0.3 is 21.7 Å². The molecule has 7 heteroatoms. The molecular formula is C16H34N6O. The van der Waals surface area contributed by atoms with Crippen molar-refractivity contribution in [3.63, 3.8) is 0 Å². The topological polar surface area (TPSA) is 94.8 Å². The second-order valence-electron chi connectivity index (χ2n) is 7.10. The van der Waals surface area contributed by atoms with Crippen molar-refractivity contribution < 1.29 is 4.79 Å². The largest absolute Gasteiger partial charge is 0.369 e. The molecule has 23 heavy (non-hydrogen) atoms. The van der Waals surface area contributed by atoms with E-state index in [1.165, 1.54) is 0 Å². The molecule has 0 atom stereocenters. The molecule has 7 nitrogen and oxygen atoms in total. The Hall–Kier alpha value is -1.34. The number of hydrogen-bond donors (Lipinski definition) is 4. The number of hydrogen-bond acceptors (Lipinski definition) is 4. The molecule has 0 aromatic heterocycles. The van der Waals surface area contributed by atoms with E-state index in [2.05, 4.69) is 53.5 Å². The quantitative estimate of drug-likeness (QED) is 0.297. The summed E-state index contributed by atoms with van der Waals surface area (Å²) in [5.41, 5.74) is 5.37. The van der Waals surface area contributed by atoms with Gasteiger partial charge in [0.2, 0.25) is 5.91 Å². The Morgan fingerprint density at radius 2 is 1.96 bits per heavy atom. The maximum Gasteiger partial charge on any atom is 0.231 e. The van der Waals surface area contributed by atoms with Crippen molar-refractivity contribution in [2.24, 2.45) is 10.7 Å². The van der Waals surface area contributed by atoms with Gasteiger partial charge in [0.05, 0.1) is 13.1 Å². The summed E-state index contributed by atoms with van der Waals surface area (Å²) in [5, 5.41) is 10.2. The van der Waals surface area contributed by atoms with E-state index in [-0.39, 0.29) is 11.4 Å². The number of carbonyl (C=O) groups is 1. The highest BCUT2D eigenvalue weighted by Gasteiger charge is 2.20. The van der Waals surface area contributed by atoms with Gasteiger partial charge in [-0.1, -0.05) is 0 Å². The Morgan fingerprint density at radius 1 is 1.30 bits per heavy atom. The Morgan fingerprint density at radius 3 is 2.48 bits per heavy atom. The van der Waals surface area contributed by atoms with Crippen LogP contribution in [0.25, 0.3) is 0 Å². The minimum Gasteiger partial charge on any atom is -0.369 e. The molecule has 134 valence electrons. The van der Waals surface area contributed by atoms with Crippen LogP contribution >= 0.6 is 0 Å². The number of primary amides is 1. The standard InChI is InChI=1S/C16H34N6O/c1-5-18-15(19-8-9-20-16(2,3)4)21-13-6-10-22(11-7-13)12-14(17)23/h13,20H,5-12H2,1-4H3,(H2,17,23)(H2,18,19,21). The summed E-state index contributed by atoms with van der Waals surface area (Å²) in [4.78, 5) is 17.7. The van der Waals surface area contributed by atoms with Gasteiger partial charge in [0.1, 0.15) is 0 Å². The number of nitrogens with zero attached hydrogens (tertiary/aromatic N) is 2. The molecule has 0 aromatic rings. The van der Waals surface area contributed by atoms with Crippen LogP contribution in [0.3, 0.4) is 0 Å². The molecule has 1 aliphatic rings. The molecule has 1 aliphatic heterocycles. The maximum absolute atomic E-state index is 11.0. The van der Waals surface area contributed by atoms with E-state index in [4.69, 9.17) is 5.73 Å². The first kappa shape index (κ1) is 19.7. The van der Waals surface area contributed by atoms with Crippen LogP contribution in [0, 0.1) is 0 Å². The van der Waals surface area contributed by atoms with Crippen molar-refractivity contribution in [1.29, 1.82) is 0 Å². The summed E-state index contributed by atoms with van der Waals surface area (Å²) in [6.45, 7) is 13.1. The van der Waals surface area contributed by atoms with Gasteiger partial charge in [-0.25, -0.2) is 0 Å². The summed E-state index contributed by atoms with van der Waals surface area (Å²) in [6.07, 6.45) is 2.00. The lowest BCUT2D eigenvalue weighted by atomic mass is 10.1. The fourth-order valence-corrected chi connectivity index (χ4v) is 2.57. The van der Waals surface area contributed by atoms with Crippen molar-refractivity contribution in [2.75, 3.05) is 39.3 Å². The molecule has 0 spiro atoms. The number of amides is 1. The van der Waals surface area contributed by atoms with E-state index >= 15 is 0 Å². The van der Waals surface area contributed by atoms with Crippen LogP contribution in [0.15, 0.2) is 4.99 Å². The minimum atomic E-state index is -0.252. The highest BCUT2D eigenvalue weighted by molar-refractivity contribution is 5.80. The summed E-state index contributed by atoms with van der Waals surface area (Å²) in [5.74, 6) is 0.620. The van der Waals surface area contributed by atoms with E-state index in [1.807, 2.05) is 0 Å². The van der Waals surface area contributed by atoms with Crippen molar-refractivity contribution in [1.82, 2.24) is 20.9 Å². The Kier molecular flexibility index (Phi) is 8.33. The second-order valence-corrected chi connectivity index (χ2v) is 7.10. The fourth-order valence-electron chi connectivity index (χ4n) is 2.57. The second kappa shape index (κ2) is 9.72. The monoisotopic (exact) mass is 326 g/mol. The number of likely N-dealkylation sites (tertiary alicyclic amines) is 1. The number of carbonyl (C=O) groups excluding carboxylic acids is 1. The van der Waals surface area contributed by atoms with Gasteiger partial charge in [0.15, 0.2) is 5.96 Å². The molecule has 0 saturated carbocycles. The first-order valence-corrected chi connectivity index (χ1v) is 8.60. The van der Waals surface area contributed by atoms with E-state index in [0.29, 0.717) is 12.6 Å². The third-order valence-electron chi connectivity index (χ3n) is 3.69. The number of nitrogens with one attached hydrogen (secondary N) is 3. The maximum atomic E-state index is 11.0. The first-order valence-electron chi connectivity index (χ1n) is 8.60. The zero-order valence-electron chi connectivity index (χ0n) is 15.1. The Balaban J connectivity index is 2.36. The molecule has 1 saturated heterocycles. The van der Waals surface area contributed by atoms with E-state index in [1.54, 1.807) is 0 Å². The van der Waals surface area contributed by atoms with Gasteiger partial charge in [0, 0.05) is 37.8 Å². The first-order chi connectivity index (χ1) is 10.8. The molecule has 1 rings (SSSR count). The number of nitrogens with two attached hydrogens (primary N) is 1. The summed E-state index contributed by atoms with van der Waals surface area (Å²) in [7, 11) is 0. The summed E-state index contributed by atoms with van der Waals surface area (Å²) < 4.78 is 0. The molecule has 1 fully saturated rings. The molecule has 0 aliphatic carbocycles. The number of aliphatic imine (C=N–C) groups is 1. The lowest BCUT2D eigenvalue weighted by Gasteiger charge is -2.32. The molecule has 0 radical (unpaired) electrons. The molecule has 0 unspecified atom stereocenters. The molecular weight excluding hydrogens is 292 g/mol. The van der Waals surface area contributed by atoms with Crippen LogP contribution in [-0.2, 0) is 4.79 Å². The van der Waals surface area contributed by atoms with Gasteiger partial charge in [-0.2, -0.15) is 0 Å². The average molecular weight is 326 g/mol. The van der Waals surface area contributed by atoms with Crippen LogP contribution < -0.4 is 21.7 Å². The minimum absolute atomic E-state index is 0.120. The third kappa shape index (κ3) is 9.40. The summed E-state index contributed by atoms with van der Waals surface area (Å²) in [6, 6.07) is 0.396. The molecule has 1 heterocycles. The van der Waals surface area contributed by atoms with Gasteiger partial charge in [-0.15, -0.1) is 0 Å². The van der Waals surface area contributed by atoms with Crippen LogP contribution in [0.4, 0.5) is 0 Å². The SMILES string of the molecule is CCNC(=NCCNC(C)(C)C)NC1CCN(CC(N)=O)CC1. The number of rotatable bonds is 7. The zero-order chi connectivity index (χ0) is 17.3. The van der Waals surface area contributed by atoms with Crippen LogP contribution in [0.5, 0.6) is 0 Å². The number of guanidine groups is 1. The lowest BCUT2D eigenvalue weighted by molar-refractivity contribution is -0.119. The molecule has 5 N–H and O–H groups in total. The van der Waals surface area contributed by atoms with E-state index in [9.17, 15) is 4.79 Å². The molecule has 1 amide bonds. The summed E-state index contributed by atoms with van der Waals surface area (Å²) >= 11 is 0. The van der Waals surface area contributed by atoms with Gasteiger partial charge >= 0.3 is 0 Å². The van der Waals surface area contributed by atoms with E-state index < -0.39 is 0 Å². The van der Waals surface area contributed by atoms with Gasteiger partial charge in [-0.05, 0) is 40.5 Å². The van der Waals surface area contributed by atoms with E-state index in [0.717, 1.165) is 51.5 Å². The Labute approximate surface area is 140 Å². The smallest absolute Gasteiger partial charge is 0.231 e. The highest BCUT2D eigenvalue weighted by atomic mass is 16.1. The predicted molar refractivity (Wildman–Crippen MR) is 95.5 cm³/mol. The zero-order valence-corrected chi connectivity index (χ0v) is 15.1. The van der Waals surface area contributed by atoms with Crippen LogP contribution in [0.2, 0.25) is 0 Å². The van der Waals surface area contributed by atoms with Crippen molar-refractivity contribution in [2.45, 2.75) is 52.1 Å². The predicted octanol–water partition coefficient (Wildman–Crippen LogP) is -0.121. The van der Waals surface area contributed by atoms with Crippen molar-refractivity contribution in [3.8, 4) is 0 Å². The Bertz CT molecular complexity index is 383. The van der Waals surface area contributed by atoms with Crippen molar-refractivity contribution in [3.05, 3.63) is 0 Å². The average Bonchev–Trinajstić information content (AvgIpc) is 2.44. The lowest BCUT2D eigenvalue weighted by Crippen LogP contribution is -2.50. The van der Waals surface area contributed by atoms with Crippen LogP contribution in [-0.4, -0.2) is 67.6 Å². The van der Waals surface area contributed by atoms with Crippen LogP contribution in [0.1, 0.15) is 40.5 Å². The molecule has 0 aromatic carbocycles. The highest BCUT2D eigenvalue weighted by Crippen LogP contribution is 2.09. The third-order valence-corrected chi connectivity index (χ3v) is 3.69. The van der Waals surface area contributed by atoms with Crippen molar-refractivity contribution >= 4 is 11.9 Å². The molecule has 0 bridgehead atoms.